The Morgan fingerprint density at radius 2 is 2.25 bits per heavy atom. The van der Waals surface area contributed by atoms with Gasteiger partial charge in [0.15, 0.2) is 0 Å². The number of nitrogens with zero attached hydrogens (tertiary/aromatic N) is 3. The van der Waals surface area contributed by atoms with Crippen molar-refractivity contribution in [2.75, 3.05) is 20.6 Å². The molecule has 0 aliphatic rings. The number of hydrogen-bond acceptors (Lipinski definition) is 3. The zero-order valence-electron chi connectivity index (χ0n) is 10.3. The van der Waals surface area contributed by atoms with E-state index in [1.165, 1.54) is 0 Å². The molecule has 16 heavy (non-hydrogen) atoms. The number of aryl methyl sites for hydroxylation is 1. The lowest BCUT2D eigenvalue weighted by Gasteiger charge is -2.17. The first-order valence-electron chi connectivity index (χ1n) is 5.67. The molecule has 1 unspecified atom stereocenters. The Bertz CT molecular complexity index is 322. The molecule has 92 valence electrons. The van der Waals surface area contributed by atoms with E-state index in [0.29, 0.717) is 5.02 Å². The monoisotopic (exact) mass is 244 g/mol. The summed E-state index contributed by atoms with van der Waals surface area (Å²) in [5.41, 5.74) is 7.11. The number of nitrogens with two attached hydrogens (primary N) is 1. The van der Waals surface area contributed by atoms with E-state index in [-0.39, 0.29) is 6.04 Å². The summed E-state index contributed by atoms with van der Waals surface area (Å²) < 4.78 is 1.92. The maximum atomic E-state index is 6.15. The van der Waals surface area contributed by atoms with Gasteiger partial charge in [-0.15, -0.1) is 0 Å². The summed E-state index contributed by atoms with van der Waals surface area (Å²) in [5.74, 6) is 0. The third kappa shape index (κ3) is 3.47. The van der Waals surface area contributed by atoms with Crippen LogP contribution in [0.1, 0.15) is 31.5 Å². The SMILES string of the molecule is CCCn1ncc(Cl)c1C(N)CCN(C)C. The molecule has 1 aromatic heterocycles. The molecular formula is C11H21ClN4. The lowest BCUT2D eigenvalue weighted by molar-refractivity contribution is 0.376. The minimum Gasteiger partial charge on any atom is -0.323 e. The van der Waals surface area contributed by atoms with Crippen LogP contribution in [0.3, 0.4) is 0 Å². The van der Waals surface area contributed by atoms with Gasteiger partial charge in [0.25, 0.3) is 0 Å². The first-order chi connectivity index (χ1) is 7.56. The average molecular weight is 245 g/mol. The normalized spacial score (nSPS) is 13.4. The summed E-state index contributed by atoms with van der Waals surface area (Å²) in [7, 11) is 4.08. The van der Waals surface area contributed by atoms with Crippen molar-refractivity contribution in [3.05, 3.63) is 16.9 Å². The van der Waals surface area contributed by atoms with Crippen LogP contribution >= 0.6 is 11.6 Å². The Morgan fingerprint density at radius 1 is 1.56 bits per heavy atom. The van der Waals surface area contributed by atoms with E-state index in [4.69, 9.17) is 17.3 Å². The van der Waals surface area contributed by atoms with E-state index in [0.717, 1.165) is 31.6 Å². The number of rotatable bonds is 6. The summed E-state index contributed by atoms with van der Waals surface area (Å²) in [6.45, 7) is 3.94. The predicted octanol–water partition coefficient (Wildman–Crippen LogP) is 1.90. The van der Waals surface area contributed by atoms with Gasteiger partial charge in [0.1, 0.15) is 0 Å². The van der Waals surface area contributed by atoms with Crippen molar-refractivity contribution in [1.82, 2.24) is 14.7 Å². The molecule has 0 spiro atoms. The summed E-state index contributed by atoms with van der Waals surface area (Å²) in [6.07, 6.45) is 3.61. The second kappa shape index (κ2) is 6.23. The smallest absolute Gasteiger partial charge is 0.0834 e. The fourth-order valence-corrected chi connectivity index (χ4v) is 1.95. The molecule has 0 saturated carbocycles. The van der Waals surface area contributed by atoms with E-state index in [2.05, 4.69) is 16.9 Å². The first-order valence-corrected chi connectivity index (χ1v) is 6.05. The molecule has 2 N–H and O–H groups in total. The summed E-state index contributed by atoms with van der Waals surface area (Å²) in [5, 5.41) is 4.93. The highest BCUT2D eigenvalue weighted by molar-refractivity contribution is 6.31. The fraction of sp³-hybridized carbons (Fsp3) is 0.727. The van der Waals surface area contributed by atoms with Crippen molar-refractivity contribution in [2.24, 2.45) is 5.73 Å². The average Bonchev–Trinajstić information content (AvgIpc) is 2.57. The van der Waals surface area contributed by atoms with Crippen LogP contribution in [0.5, 0.6) is 0 Å². The fourth-order valence-electron chi connectivity index (χ4n) is 1.66. The Hall–Kier alpha value is -0.580. The van der Waals surface area contributed by atoms with Gasteiger partial charge in [-0.25, -0.2) is 0 Å². The molecule has 0 fully saturated rings. The van der Waals surface area contributed by atoms with Crippen molar-refractivity contribution >= 4 is 11.6 Å². The predicted molar refractivity (Wildman–Crippen MR) is 67.6 cm³/mol. The third-order valence-corrected chi connectivity index (χ3v) is 2.80. The second-order valence-corrected chi connectivity index (χ2v) is 4.71. The summed E-state index contributed by atoms with van der Waals surface area (Å²) in [6, 6.07) is -0.0380. The standard InChI is InChI=1S/C11H21ClN4/c1-4-6-16-11(9(12)8-14-16)10(13)5-7-15(2)3/h8,10H,4-7,13H2,1-3H3. The molecule has 1 rings (SSSR count). The number of hydrogen-bond donors (Lipinski definition) is 1. The molecule has 0 saturated heterocycles. The van der Waals surface area contributed by atoms with Gasteiger partial charge in [-0.3, -0.25) is 4.68 Å². The molecule has 1 heterocycles. The number of halogens is 1. The van der Waals surface area contributed by atoms with Gasteiger partial charge >= 0.3 is 0 Å². The Morgan fingerprint density at radius 3 is 2.81 bits per heavy atom. The van der Waals surface area contributed by atoms with Crippen LogP contribution in [0.15, 0.2) is 6.20 Å². The minimum absolute atomic E-state index is 0.0380. The third-order valence-electron chi connectivity index (χ3n) is 2.51. The van der Waals surface area contributed by atoms with Crippen LogP contribution in [0.2, 0.25) is 5.02 Å². The van der Waals surface area contributed by atoms with Crippen LogP contribution in [-0.4, -0.2) is 35.3 Å². The second-order valence-electron chi connectivity index (χ2n) is 4.30. The van der Waals surface area contributed by atoms with E-state index in [1.54, 1.807) is 6.20 Å². The van der Waals surface area contributed by atoms with Crippen LogP contribution in [0.25, 0.3) is 0 Å². The van der Waals surface area contributed by atoms with Gasteiger partial charge in [-0.1, -0.05) is 18.5 Å². The van der Waals surface area contributed by atoms with Crippen LogP contribution in [-0.2, 0) is 6.54 Å². The minimum atomic E-state index is -0.0380. The molecule has 0 aromatic carbocycles. The number of aromatic nitrogens is 2. The largest absolute Gasteiger partial charge is 0.323 e. The summed E-state index contributed by atoms with van der Waals surface area (Å²) in [4.78, 5) is 2.12. The topological polar surface area (TPSA) is 47.1 Å². The van der Waals surface area contributed by atoms with Crippen molar-refractivity contribution in [3.8, 4) is 0 Å². The summed E-state index contributed by atoms with van der Waals surface area (Å²) >= 11 is 6.11. The van der Waals surface area contributed by atoms with Crippen LogP contribution in [0.4, 0.5) is 0 Å². The van der Waals surface area contributed by atoms with Gasteiger partial charge in [0.2, 0.25) is 0 Å². The lowest BCUT2D eigenvalue weighted by atomic mass is 10.1. The molecule has 0 amide bonds. The Labute approximate surface area is 102 Å². The van der Waals surface area contributed by atoms with Gasteiger partial charge in [0, 0.05) is 12.6 Å². The van der Waals surface area contributed by atoms with Crippen molar-refractivity contribution < 1.29 is 0 Å². The van der Waals surface area contributed by atoms with Gasteiger partial charge < -0.3 is 10.6 Å². The van der Waals surface area contributed by atoms with Crippen molar-refractivity contribution in [2.45, 2.75) is 32.4 Å². The van der Waals surface area contributed by atoms with Gasteiger partial charge in [-0.05, 0) is 33.5 Å². The first kappa shape index (κ1) is 13.5. The van der Waals surface area contributed by atoms with E-state index in [9.17, 15) is 0 Å². The highest BCUT2D eigenvalue weighted by Crippen LogP contribution is 2.23. The van der Waals surface area contributed by atoms with E-state index < -0.39 is 0 Å². The van der Waals surface area contributed by atoms with Crippen LogP contribution < -0.4 is 5.73 Å². The Kier molecular flexibility index (Phi) is 5.25. The highest BCUT2D eigenvalue weighted by atomic mass is 35.5. The molecule has 4 nitrogen and oxygen atoms in total. The van der Waals surface area contributed by atoms with Crippen LogP contribution in [0, 0.1) is 0 Å². The molecule has 1 aromatic rings. The highest BCUT2D eigenvalue weighted by Gasteiger charge is 2.16. The van der Waals surface area contributed by atoms with Gasteiger partial charge in [-0.2, -0.15) is 5.10 Å². The van der Waals surface area contributed by atoms with E-state index >= 15 is 0 Å². The zero-order chi connectivity index (χ0) is 12.1. The van der Waals surface area contributed by atoms with Gasteiger partial charge in [0.05, 0.1) is 16.9 Å². The zero-order valence-corrected chi connectivity index (χ0v) is 11.0. The molecular weight excluding hydrogens is 224 g/mol. The van der Waals surface area contributed by atoms with E-state index in [1.807, 2.05) is 18.8 Å². The molecule has 1 atom stereocenters. The molecule has 0 aliphatic carbocycles. The molecule has 0 bridgehead atoms. The molecule has 0 aliphatic heterocycles. The maximum Gasteiger partial charge on any atom is 0.0834 e. The maximum absolute atomic E-state index is 6.15. The molecule has 5 heteroatoms. The quantitative estimate of drug-likeness (QED) is 0.832. The Balaban J connectivity index is 2.72. The molecule has 0 radical (unpaired) electrons. The van der Waals surface area contributed by atoms with Crippen molar-refractivity contribution in [1.29, 1.82) is 0 Å². The van der Waals surface area contributed by atoms with Crippen molar-refractivity contribution in [3.63, 3.8) is 0 Å². The lowest BCUT2D eigenvalue weighted by Crippen LogP contribution is -2.22.